The number of aryl methyl sites for hydroxylation is 3. The van der Waals surface area contributed by atoms with Gasteiger partial charge in [0.25, 0.3) is 0 Å². The summed E-state index contributed by atoms with van der Waals surface area (Å²) in [6.07, 6.45) is 3.08. The van der Waals surface area contributed by atoms with E-state index in [2.05, 4.69) is 10.1 Å². The Hall–Kier alpha value is -3.61. The highest BCUT2D eigenvalue weighted by Crippen LogP contribution is 2.25. The van der Waals surface area contributed by atoms with Crippen LogP contribution < -0.4 is 4.74 Å². The third-order valence-corrected chi connectivity index (χ3v) is 5.25. The number of carboxylic acid groups (broad SMARTS) is 1. The molecule has 0 amide bonds. The standard InChI is InChI=1S/C24H25N3O4/c1-16-6-3-4-7-20(16)24-26-21(17(2)31-24)11-13-30-19-10-9-18-15-25-27(22(18)14-19)12-5-8-23(28)29/h3-4,6-7,9-10,14-15H,5,8,11-13H2,1-2H3,(H,28,29). The maximum absolute atomic E-state index is 10.7. The largest absolute Gasteiger partial charge is 0.493 e. The van der Waals surface area contributed by atoms with Crippen molar-refractivity contribution in [2.75, 3.05) is 6.61 Å². The minimum atomic E-state index is -0.797. The topological polar surface area (TPSA) is 90.4 Å². The summed E-state index contributed by atoms with van der Waals surface area (Å²) in [6, 6.07) is 13.8. The molecule has 0 atom stereocenters. The molecule has 31 heavy (non-hydrogen) atoms. The van der Waals surface area contributed by atoms with Crippen molar-refractivity contribution in [2.45, 2.75) is 39.7 Å². The van der Waals surface area contributed by atoms with Gasteiger partial charge >= 0.3 is 5.97 Å². The van der Waals surface area contributed by atoms with Gasteiger partial charge in [0, 0.05) is 36.4 Å². The van der Waals surface area contributed by atoms with E-state index >= 15 is 0 Å². The van der Waals surface area contributed by atoms with Crippen molar-refractivity contribution < 1.29 is 19.1 Å². The van der Waals surface area contributed by atoms with E-state index in [9.17, 15) is 4.79 Å². The monoisotopic (exact) mass is 419 g/mol. The molecule has 0 bridgehead atoms. The molecule has 0 unspecified atom stereocenters. The molecule has 2 heterocycles. The highest BCUT2D eigenvalue weighted by molar-refractivity contribution is 5.80. The lowest BCUT2D eigenvalue weighted by Gasteiger charge is -2.07. The van der Waals surface area contributed by atoms with E-state index in [0.717, 1.165) is 39.2 Å². The zero-order chi connectivity index (χ0) is 21.8. The predicted molar refractivity (Wildman–Crippen MR) is 117 cm³/mol. The van der Waals surface area contributed by atoms with E-state index in [1.54, 1.807) is 6.20 Å². The van der Waals surface area contributed by atoms with E-state index in [-0.39, 0.29) is 6.42 Å². The lowest BCUT2D eigenvalue weighted by molar-refractivity contribution is -0.137. The highest BCUT2D eigenvalue weighted by atomic mass is 16.5. The first-order valence-electron chi connectivity index (χ1n) is 10.3. The van der Waals surface area contributed by atoms with E-state index in [1.807, 2.05) is 61.0 Å². The Morgan fingerprint density at radius 1 is 1.19 bits per heavy atom. The number of nitrogens with zero attached hydrogens (tertiary/aromatic N) is 3. The summed E-state index contributed by atoms with van der Waals surface area (Å²) in [7, 11) is 0. The summed E-state index contributed by atoms with van der Waals surface area (Å²) in [4.78, 5) is 15.4. The molecule has 0 fully saturated rings. The number of carboxylic acids is 1. The molecule has 1 N–H and O–H groups in total. The molecule has 4 aromatic rings. The first-order valence-corrected chi connectivity index (χ1v) is 10.3. The van der Waals surface area contributed by atoms with Gasteiger partial charge in [-0.1, -0.05) is 18.2 Å². The molecular formula is C24H25N3O4. The van der Waals surface area contributed by atoms with Crippen LogP contribution in [0.15, 0.2) is 53.1 Å². The third-order valence-electron chi connectivity index (χ3n) is 5.25. The summed E-state index contributed by atoms with van der Waals surface area (Å²) >= 11 is 0. The van der Waals surface area contributed by atoms with Crippen LogP contribution in [-0.2, 0) is 17.8 Å². The second kappa shape index (κ2) is 9.04. The van der Waals surface area contributed by atoms with Crippen molar-refractivity contribution in [1.29, 1.82) is 0 Å². The quantitative estimate of drug-likeness (QED) is 0.419. The molecule has 0 radical (unpaired) electrons. The lowest BCUT2D eigenvalue weighted by atomic mass is 10.1. The molecule has 0 spiro atoms. The molecule has 0 saturated heterocycles. The minimum Gasteiger partial charge on any atom is -0.493 e. The third kappa shape index (κ3) is 4.77. The zero-order valence-electron chi connectivity index (χ0n) is 17.7. The molecule has 2 aromatic heterocycles. The number of fused-ring (bicyclic) bond motifs is 1. The molecular weight excluding hydrogens is 394 g/mol. The average Bonchev–Trinajstić information content (AvgIpc) is 3.31. The van der Waals surface area contributed by atoms with Crippen molar-refractivity contribution in [3.8, 4) is 17.2 Å². The van der Waals surface area contributed by atoms with Gasteiger partial charge in [-0.05, 0) is 44.0 Å². The van der Waals surface area contributed by atoms with Crippen LogP contribution in [0.3, 0.4) is 0 Å². The fourth-order valence-corrected chi connectivity index (χ4v) is 3.55. The van der Waals surface area contributed by atoms with Crippen LogP contribution in [-0.4, -0.2) is 32.4 Å². The van der Waals surface area contributed by atoms with Gasteiger partial charge in [-0.3, -0.25) is 9.48 Å². The summed E-state index contributed by atoms with van der Waals surface area (Å²) in [5.41, 5.74) is 3.94. The Bertz CT molecular complexity index is 1210. The van der Waals surface area contributed by atoms with Crippen LogP contribution in [0, 0.1) is 13.8 Å². The van der Waals surface area contributed by atoms with E-state index in [4.69, 9.17) is 14.3 Å². The number of hydrogen-bond acceptors (Lipinski definition) is 5. The van der Waals surface area contributed by atoms with Gasteiger partial charge in [-0.2, -0.15) is 5.10 Å². The summed E-state index contributed by atoms with van der Waals surface area (Å²) in [5.74, 6) is 1.38. The number of benzene rings is 2. The summed E-state index contributed by atoms with van der Waals surface area (Å²) in [6.45, 7) is 4.99. The summed E-state index contributed by atoms with van der Waals surface area (Å²) < 4.78 is 13.7. The van der Waals surface area contributed by atoms with Crippen molar-refractivity contribution in [1.82, 2.24) is 14.8 Å². The number of ether oxygens (including phenoxy) is 1. The SMILES string of the molecule is Cc1ccccc1-c1nc(CCOc2ccc3cnn(CCCC(=O)O)c3c2)c(C)o1. The van der Waals surface area contributed by atoms with Crippen LogP contribution in [0.4, 0.5) is 0 Å². The first kappa shape index (κ1) is 20.7. The Labute approximate surface area is 180 Å². The van der Waals surface area contributed by atoms with E-state index in [0.29, 0.717) is 31.9 Å². The molecule has 0 aliphatic carbocycles. The van der Waals surface area contributed by atoms with Gasteiger partial charge in [-0.15, -0.1) is 0 Å². The first-order chi connectivity index (χ1) is 15.0. The highest BCUT2D eigenvalue weighted by Gasteiger charge is 2.13. The van der Waals surface area contributed by atoms with Crippen LogP contribution in [0.2, 0.25) is 0 Å². The molecule has 0 aliphatic heterocycles. The Kier molecular flexibility index (Phi) is 6.02. The van der Waals surface area contributed by atoms with Gasteiger partial charge in [0.1, 0.15) is 11.5 Å². The van der Waals surface area contributed by atoms with E-state index < -0.39 is 5.97 Å². The van der Waals surface area contributed by atoms with Crippen molar-refractivity contribution >= 4 is 16.9 Å². The molecule has 0 aliphatic rings. The van der Waals surface area contributed by atoms with Gasteiger partial charge in [-0.25, -0.2) is 4.98 Å². The van der Waals surface area contributed by atoms with Gasteiger partial charge in [0.05, 0.1) is 24.0 Å². The number of carbonyl (C=O) groups is 1. The smallest absolute Gasteiger partial charge is 0.303 e. The van der Waals surface area contributed by atoms with Crippen molar-refractivity contribution in [3.05, 3.63) is 65.7 Å². The lowest BCUT2D eigenvalue weighted by Crippen LogP contribution is -2.04. The van der Waals surface area contributed by atoms with Crippen LogP contribution in [0.1, 0.15) is 29.9 Å². The molecule has 7 heteroatoms. The second-order valence-corrected chi connectivity index (χ2v) is 7.52. The molecule has 160 valence electrons. The number of rotatable bonds is 9. The maximum Gasteiger partial charge on any atom is 0.303 e. The predicted octanol–water partition coefficient (Wildman–Crippen LogP) is 4.79. The number of aromatic nitrogens is 3. The fourth-order valence-electron chi connectivity index (χ4n) is 3.55. The normalized spacial score (nSPS) is 11.2. The van der Waals surface area contributed by atoms with Crippen LogP contribution >= 0.6 is 0 Å². The number of oxazole rings is 1. The molecule has 2 aromatic carbocycles. The van der Waals surface area contributed by atoms with Crippen molar-refractivity contribution in [3.63, 3.8) is 0 Å². The molecule has 7 nitrogen and oxygen atoms in total. The van der Waals surface area contributed by atoms with Gasteiger partial charge in [0.2, 0.25) is 5.89 Å². The summed E-state index contributed by atoms with van der Waals surface area (Å²) in [5, 5.41) is 14.2. The van der Waals surface area contributed by atoms with E-state index in [1.165, 1.54) is 0 Å². The maximum atomic E-state index is 10.7. The fraction of sp³-hybridized carbons (Fsp3) is 0.292. The van der Waals surface area contributed by atoms with Gasteiger partial charge < -0.3 is 14.3 Å². The van der Waals surface area contributed by atoms with Crippen LogP contribution in [0.5, 0.6) is 5.75 Å². The average molecular weight is 419 g/mol. The molecule has 4 rings (SSSR count). The van der Waals surface area contributed by atoms with Gasteiger partial charge in [0.15, 0.2) is 0 Å². The molecule has 0 saturated carbocycles. The second-order valence-electron chi connectivity index (χ2n) is 7.52. The number of aliphatic carboxylic acids is 1. The Balaban J connectivity index is 1.40. The Morgan fingerprint density at radius 2 is 2.03 bits per heavy atom. The van der Waals surface area contributed by atoms with Crippen molar-refractivity contribution in [2.24, 2.45) is 0 Å². The Morgan fingerprint density at radius 3 is 2.84 bits per heavy atom. The van der Waals surface area contributed by atoms with Crippen LogP contribution in [0.25, 0.3) is 22.4 Å². The minimum absolute atomic E-state index is 0.124. The zero-order valence-corrected chi connectivity index (χ0v) is 17.7. The number of hydrogen-bond donors (Lipinski definition) is 1.